The summed E-state index contributed by atoms with van der Waals surface area (Å²) in [5.41, 5.74) is 3.13. The van der Waals surface area contributed by atoms with Crippen LogP contribution in [0, 0.1) is 0 Å². The van der Waals surface area contributed by atoms with Gasteiger partial charge < -0.3 is 10.1 Å². The van der Waals surface area contributed by atoms with E-state index in [0.717, 1.165) is 60.7 Å². The minimum Gasteiger partial charge on any atom is -0.492 e. The maximum Gasteiger partial charge on any atom is 0.235 e. The highest BCUT2D eigenvalue weighted by molar-refractivity contribution is 7.92. The molecule has 2 aromatic carbocycles. The van der Waals surface area contributed by atoms with Crippen LogP contribution in [0.2, 0.25) is 5.02 Å². The lowest BCUT2D eigenvalue weighted by Crippen LogP contribution is -2.47. The van der Waals surface area contributed by atoms with Crippen molar-refractivity contribution in [1.82, 2.24) is 4.90 Å². The van der Waals surface area contributed by atoms with Crippen molar-refractivity contribution in [3.05, 3.63) is 52.5 Å². The van der Waals surface area contributed by atoms with Crippen LogP contribution in [-0.2, 0) is 26.7 Å². The number of likely N-dealkylation sites (tertiary alicyclic amines) is 1. The van der Waals surface area contributed by atoms with Crippen LogP contribution in [-0.4, -0.2) is 58.3 Å². The number of amides is 1. The van der Waals surface area contributed by atoms with Crippen LogP contribution < -0.4 is 14.4 Å². The van der Waals surface area contributed by atoms with Crippen LogP contribution in [0.5, 0.6) is 5.75 Å². The molecule has 5 rings (SSSR count). The number of nitrogens with zero attached hydrogens (tertiary/aromatic N) is 2. The number of anilines is 2. The molecule has 1 amide bonds. The summed E-state index contributed by atoms with van der Waals surface area (Å²) in [6, 6.07) is 11.2. The van der Waals surface area contributed by atoms with E-state index in [0.29, 0.717) is 18.1 Å². The average Bonchev–Trinajstić information content (AvgIpc) is 3.03. The van der Waals surface area contributed by atoms with E-state index < -0.39 is 15.4 Å². The van der Waals surface area contributed by atoms with Crippen molar-refractivity contribution >= 4 is 38.9 Å². The number of aryl methyl sites for hydroxylation is 1. The number of benzene rings is 2. The predicted octanol–water partition coefficient (Wildman–Crippen LogP) is 3.03. The summed E-state index contributed by atoms with van der Waals surface area (Å²) < 4.78 is 31.4. The smallest absolute Gasteiger partial charge is 0.235 e. The van der Waals surface area contributed by atoms with Gasteiger partial charge in [-0.05, 0) is 79.9 Å². The number of carbonyl (C=O) groups is 1. The summed E-state index contributed by atoms with van der Waals surface area (Å²) in [6.45, 7) is 2.94. The fourth-order valence-electron chi connectivity index (χ4n) is 5.02. The first-order valence-corrected chi connectivity index (χ1v) is 12.8. The molecule has 0 aliphatic carbocycles. The number of hydrogen-bond donors (Lipinski definition) is 1. The highest BCUT2D eigenvalue weighted by Crippen LogP contribution is 2.45. The number of halogens is 1. The average molecular weight is 476 g/mol. The van der Waals surface area contributed by atoms with Gasteiger partial charge in [0.2, 0.25) is 15.9 Å². The van der Waals surface area contributed by atoms with Gasteiger partial charge in [0.15, 0.2) is 0 Å². The topological polar surface area (TPSA) is 79.0 Å². The maximum atomic E-state index is 12.8. The molecule has 1 N–H and O–H groups in total. The molecule has 3 aliphatic heterocycles. The molecule has 0 atom stereocenters. The van der Waals surface area contributed by atoms with Crippen molar-refractivity contribution in [2.24, 2.45) is 0 Å². The monoisotopic (exact) mass is 475 g/mol. The number of piperidine rings is 1. The van der Waals surface area contributed by atoms with Crippen LogP contribution in [0.15, 0.2) is 36.4 Å². The molecule has 0 unspecified atom stereocenters. The van der Waals surface area contributed by atoms with Gasteiger partial charge in [-0.2, -0.15) is 0 Å². The van der Waals surface area contributed by atoms with Crippen molar-refractivity contribution in [1.29, 1.82) is 0 Å². The number of nitrogens with one attached hydrogen (secondary N) is 1. The Balaban J connectivity index is 1.18. The molecule has 0 aromatic heterocycles. The van der Waals surface area contributed by atoms with Crippen molar-refractivity contribution in [2.45, 2.75) is 24.7 Å². The lowest BCUT2D eigenvalue weighted by molar-refractivity contribution is -0.122. The van der Waals surface area contributed by atoms with Crippen molar-refractivity contribution < 1.29 is 17.9 Å². The molecule has 9 heteroatoms. The molecule has 1 fully saturated rings. The molecule has 0 bridgehead atoms. The molecule has 0 radical (unpaired) electrons. The fraction of sp³-hybridized carbons (Fsp3) is 0.435. The maximum absolute atomic E-state index is 12.8. The van der Waals surface area contributed by atoms with Crippen LogP contribution in [0.1, 0.15) is 24.0 Å². The molecule has 3 heterocycles. The summed E-state index contributed by atoms with van der Waals surface area (Å²) in [5.74, 6) is 0.951. The van der Waals surface area contributed by atoms with Gasteiger partial charge in [-0.1, -0.05) is 11.6 Å². The standard InChI is InChI=1S/C23H26ClN3O4S/c1-26-21-5-3-18(14-16(21)6-13-32(26,29)30)31-12-11-27-9-7-23(8-10-27)19-15-17(24)2-4-20(19)25-22(23)28/h2-5,14-15H,6-13H2,1H3,(H,25,28). The number of carbonyl (C=O) groups excluding carboxylic acids is 1. The third-order valence-corrected chi connectivity index (χ3v) is 8.99. The van der Waals surface area contributed by atoms with Gasteiger partial charge in [-0.15, -0.1) is 0 Å². The van der Waals surface area contributed by atoms with Crippen LogP contribution >= 0.6 is 11.6 Å². The summed E-state index contributed by atoms with van der Waals surface area (Å²) in [5, 5.41) is 3.67. The van der Waals surface area contributed by atoms with E-state index >= 15 is 0 Å². The van der Waals surface area contributed by atoms with E-state index in [4.69, 9.17) is 16.3 Å². The van der Waals surface area contributed by atoms with Crippen molar-refractivity contribution in [2.75, 3.05) is 48.7 Å². The van der Waals surface area contributed by atoms with Gasteiger partial charge >= 0.3 is 0 Å². The molecule has 1 saturated heterocycles. The van der Waals surface area contributed by atoms with Gasteiger partial charge in [-0.3, -0.25) is 14.0 Å². The molecule has 0 saturated carbocycles. The van der Waals surface area contributed by atoms with Gasteiger partial charge in [-0.25, -0.2) is 8.42 Å². The Kier molecular flexibility index (Phi) is 5.34. The highest BCUT2D eigenvalue weighted by Gasteiger charge is 2.48. The number of fused-ring (bicyclic) bond motifs is 3. The first-order valence-electron chi connectivity index (χ1n) is 10.8. The zero-order valence-corrected chi connectivity index (χ0v) is 19.5. The van der Waals surface area contributed by atoms with E-state index in [1.165, 1.54) is 4.31 Å². The SMILES string of the molecule is CN1c2ccc(OCCN3CCC4(CC3)C(=O)Nc3ccc(Cl)cc34)cc2CCS1(=O)=O. The Bertz CT molecular complexity index is 1180. The molecule has 1 spiro atoms. The first-order chi connectivity index (χ1) is 15.3. The zero-order valence-electron chi connectivity index (χ0n) is 17.9. The largest absolute Gasteiger partial charge is 0.492 e. The number of ether oxygens (including phenoxy) is 1. The second-order valence-corrected chi connectivity index (χ2v) is 11.3. The number of sulfonamides is 1. The predicted molar refractivity (Wildman–Crippen MR) is 125 cm³/mol. The van der Waals surface area contributed by atoms with Crippen molar-refractivity contribution in [3.63, 3.8) is 0 Å². The molecular weight excluding hydrogens is 450 g/mol. The third kappa shape index (κ3) is 3.64. The van der Waals surface area contributed by atoms with E-state index in [1.54, 1.807) is 7.05 Å². The summed E-state index contributed by atoms with van der Waals surface area (Å²) in [7, 11) is -1.61. The quantitative estimate of drug-likeness (QED) is 0.735. The van der Waals surface area contributed by atoms with Crippen molar-refractivity contribution in [3.8, 4) is 5.75 Å². The van der Waals surface area contributed by atoms with E-state index in [-0.39, 0.29) is 11.7 Å². The minimum absolute atomic E-state index is 0.0757. The van der Waals surface area contributed by atoms with Gasteiger partial charge in [0.05, 0.1) is 16.9 Å². The normalized spacial score (nSPS) is 21.2. The number of hydrogen-bond acceptors (Lipinski definition) is 5. The first kappa shape index (κ1) is 21.6. The number of rotatable bonds is 4. The Morgan fingerprint density at radius 1 is 1.16 bits per heavy atom. The lowest BCUT2D eigenvalue weighted by atomic mass is 9.73. The fourth-order valence-corrected chi connectivity index (χ4v) is 6.42. The molecule has 3 aliphatic rings. The summed E-state index contributed by atoms with van der Waals surface area (Å²) in [4.78, 5) is 15.1. The third-order valence-electron chi connectivity index (χ3n) is 7.00. The Morgan fingerprint density at radius 2 is 1.94 bits per heavy atom. The van der Waals surface area contributed by atoms with Crippen LogP contribution in [0.4, 0.5) is 11.4 Å². The minimum atomic E-state index is -3.20. The van der Waals surface area contributed by atoms with Gasteiger partial charge in [0.25, 0.3) is 0 Å². The molecule has 170 valence electrons. The molecule has 2 aromatic rings. The molecule has 7 nitrogen and oxygen atoms in total. The second kappa shape index (κ2) is 7.93. The van der Waals surface area contributed by atoms with Crippen LogP contribution in [0.25, 0.3) is 0 Å². The summed E-state index contributed by atoms with van der Waals surface area (Å²) >= 11 is 6.20. The molecular formula is C23H26ClN3O4S. The van der Waals surface area contributed by atoms with Crippen LogP contribution in [0.3, 0.4) is 0 Å². The van der Waals surface area contributed by atoms with E-state index in [1.807, 2.05) is 36.4 Å². The Labute approximate surface area is 193 Å². The van der Waals surface area contributed by atoms with Gasteiger partial charge in [0, 0.05) is 24.3 Å². The highest BCUT2D eigenvalue weighted by atomic mass is 35.5. The van der Waals surface area contributed by atoms with E-state index in [2.05, 4.69) is 10.2 Å². The molecule has 32 heavy (non-hydrogen) atoms. The Morgan fingerprint density at radius 3 is 2.72 bits per heavy atom. The zero-order chi connectivity index (χ0) is 22.5. The summed E-state index contributed by atoms with van der Waals surface area (Å²) in [6.07, 6.45) is 2.01. The van der Waals surface area contributed by atoms with Gasteiger partial charge in [0.1, 0.15) is 12.4 Å². The Hall–Kier alpha value is -2.29. The lowest BCUT2D eigenvalue weighted by Gasteiger charge is -2.38. The second-order valence-electron chi connectivity index (χ2n) is 8.74. The van der Waals surface area contributed by atoms with E-state index in [9.17, 15) is 13.2 Å².